The molecule has 0 aromatic rings. The van der Waals surface area contributed by atoms with E-state index in [1.165, 1.54) is 44.9 Å². The molecule has 3 saturated carbocycles. The highest BCUT2D eigenvalue weighted by molar-refractivity contribution is 6.69. The molecule has 3 fully saturated rings. The molecule has 4 aliphatic carbocycles. The van der Waals surface area contributed by atoms with Crippen molar-refractivity contribution in [1.29, 1.82) is 0 Å². The van der Waals surface area contributed by atoms with Crippen LogP contribution >= 0.6 is 0 Å². The van der Waals surface area contributed by atoms with Crippen LogP contribution in [0.2, 0.25) is 19.6 Å². The van der Waals surface area contributed by atoms with Crippen LogP contribution in [0.3, 0.4) is 0 Å². The van der Waals surface area contributed by atoms with Crippen LogP contribution in [0.5, 0.6) is 0 Å². The largest absolute Gasteiger partial charge is 0.408 e. The minimum atomic E-state index is -1.40. The lowest BCUT2D eigenvalue weighted by Crippen LogP contribution is -2.35. The maximum Gasteiger partial charge on any atom is 0.184 e. The van der Waals surface area contributed by atoms with E-state index < -0.39 is 8.32 Å². The van der Waals surface area contributed by atoms with E-state index in [1.807, 2.05) is 0 Å². The van der Waals surface area contributed by atoms with E-state index in [0.29, 0.717) is 0 Å². The van der Waals surface area contributed by atoms with E-state index in [-0.39, 0.29) is 5.60 Å². The van der Waals surface area contributed by atoms with Crippen LogP contribution in [0.4, 0.5) is 0 Å². The average molecular weight is 262 g/mol. The number of hydrogen-bond donors (Lipinski definition) is 0. The SMILES string of the molecule is C[Si](C)(C)OC1(C2=CCC3CC4(CC4)CC23)CC1. The van der Waals surface area contributed by atoms with Crippen molar-refractivity contribution in [3.05, 3.63) is 11.6 Å². The maximum atomic E-state index is 6.59. The van der Waals surface area contributed by atoms with Gasteiger partial charge in [0.2, 0.25) is 0 Å². The summed E-state index contributed by atoms with van der Waals surface area (Å²) in [4.78, 5) is 0. The van der Waals surface area contributed by atoms with Gasteiger partial charge < -0.3 is 4.43 Å². The lowest BCUT2D eigenvalue weighted by Gasteiger charge is -2.30. The quantitative estimate of drug-likeness (QED) is 0.537. The van der Waals surface area contributed by atoms with Gasteiger partial charge in [0.05, 0.1) is 5.60 Å². The van der Waals surface area contributed by atoms with Crippen molar-refractivity contribution in [1.82, 2.24) is 0 Å². The van der Waals surface area contributed by atoms with Gasteiger partial charge in [-0.1, -0.05) is 6.08 Å². The van der Waals surface area contributed by atoms with Gasteiger partial charge in [-0.15, -0.1) is 0 Å². The highest BCUT2D eigenvalue weighted by atomic mass is 28.4. The van der Waals surface area contributed by atoms with Crippen LogP contribution in [0, 0.1) is 17.3 Å². The fourth-order valence-electron chi connectivity index (χ4n) is 4.71. The molecular formula is C16H26OSi. The van der Waals surface area contributed by atoms with E-state index in [9.17, 15) is 0 Å². The van der Waals surface area contributed by atoms with Crippen molar-refractivity contribution >= 4 is 8.32 Å². The first-order valence-corrected chi connectivity index (χ1v) is 11.2. The number of fused-ring (bicyclic) bond motifs is 1. The summed E-state index contributed by atoms with van der Waals surface area (Å²) in [6.07, 6.45) is 12.6. The summed E-state index contributed by atoms with van der Waals surface area (Å²) in [5.41, 5.74) is 2.78. The highest BCUT2D eigenvalue weighted by Crippen LogP contribution is 2.68. The molecule has 0 aromatic heterocycles. The summed E-state index contributed by atoms with van der Waals surface area (Å²) in [5.74, 6) is 1.90. The molecule has 18 heavy (non-hydrogen) atoms. The highest BCUT2D eigenvalue weighted by Gasteiger charge is 2.60. The van der Waals surface area contributed by atoms with Gasteiger partial charge in [0.15, 0.2) is 8.32 Å². The first-order valence-electron chi connectivity index (χ1n) is 7.82. The third kappa shape index (κ3) is 1.76. The van der Waals surface area contributed by atoms with Crippen LogP contribution < -0.4 is 0 Å². The zero-order valence-electron chi connectivity index (χ0n) is 12.1. The summed E-state index contributed by atoms with van der Waals surface area (Å²) in [7, 11) is -1.40. The Morgan fingerprint density at radius 2 is 1.83 bits per heavy atom. The van der Waals surface area contributed by atoms with Crippen molar-refractivity contribution < 1.29 is 4.43 Å². The molecule has 100 valence electrons. The molecule has 0 N–H and O–H groups in total. The van der Waals surface area contributed by atoms with E-state index in [0.717, 1.165) is 17.3 Å². The standard InChI is InChI=1S/C16H26OSi/c1-18(2,3)17-16(8-9-16)14-5-4-12-10-15(6-7-15)11-13(12)14/h5,12-13H,4,6-11H2,1-3H3. The molecule has 0 amide bonds. The molecular weight excluding hydrogens is 236 g/mol. The number of allylic oxidation sites excluding steroid dienone is 1. The lowest BCUT2D eigenvalue weighted by molar-refractivity contribution is 0.192. The van der Waals surface area contributed by atoms with Crippen LogP contribution in [-0.4, -0.2) is 13.9 Å². The monoisotopic (exact) mass is 262 g/mol. The molecule has 2 unspecified atom stereocenters. The molecule has 2 atom stereocenters. The van der Waals surface area contributed by atoms with E-state index in [1.54, 1.807) is 5.57 Å². The Hall–Kier alpha value is -0.0831. The lowest BCUT2D eigenvalue weighted by atomic mass is 9.90. The second-order valence-electron chi connectivity index (χ2n) is 8.38. The molecule has 0 bridgehead atoms. The van der Waals surface area contributed by atoms with Crippen LogP contribution in [0.25, 0.3) is 0 Å². The van der Waals surface area contributed by atoms with Gasteiger partial charge in [0, 0.05) is 0 Å². The minimum Gasteiger partial charge on any atom is -0.408 e. The predicted octanol–water partition coefficient (Wildman–Crippen LogP) is 4.51. The third-order valence-corrected chi connectivity index (χ3v) is 6.65. The first kappa shape index (κ1) is 11.7. The Labute approximate surface area is 112 Å². The minimum absolute atomic E-state index is 0.226. The summed E-state index contributed by atoms with van der Waals surface area (Å²) < 4.78 is 6.59. The predicted molar refractivity (Wildman–Crippen MR) is 77.0 cm³/mol. The Balaban J connectivity index is 1.55. The average Bonchev–Trinajstić information content (AvgIpc) is 3.04. The summed E-state index contributed by atoms with van der Waals surface area (Å²) in [5, 5.41) is 0. The maximum absolute atomic E-state index is 6.59. The topological polar surface area (TPSA) is 9.23 Å². The number of hydrogen-bond acceptors (Lipinski definition) is 1. The van der Waals surface area contributed by atoms with E-state index in [4.69, 9.17) is 4.43 Å². The molecule has 0 saturated heterocycles. The van der Waals surface area contributed by atoms with Gasteiger partial charge in [0.25, 0.3) is 0 Å². The van der Waals surface area contributed by atoms with E-state index >= 15 is 0 Å². The van der Waals surface area contributed by atoms with Crippen molar-refractivity contribution in [2.75, 3.05) is 0 Å². The van der Waals surface area contributed by atoms with Gasteiger partial charge in [0.1, 0.15) is 0 Å². The van der Waals surface area contributed by atoms with Crippen LogP contribution in [0.1, 0.15) is 44.9 Å². The fraction of sp³-hybridized carbons (Fsp3) is 0.875. The molecule has 2 heteroatoms. The fourth-order valence-corrected chi connectivity index (χ4v) is 6.21. The smallest absolute Gasteiger partial charge is 0.184 e. The van der Waals surface area contributed by atoms with Crippen molar-refractivity contribution in [2.24, 2.45) is 17.3 Å². The Morgan fingerprint density at radius 3 is 2.39 bits per heavy atom. The Bertz CT molecular complexity index is 409. The first-order chi connectivity index (χ1) is 8.42. The molecule has 0 aromatic carbocycles. The molecule has 1 spiro atoms. The van der Waals surface area contributed by atoms with Gasteiger partial charge in [-0.2, -0.15) is 0 Å². The van der Waals surface area contributed by atoms with E-state index in [2.05, 4.69) is 25.7 Å². The van der Waals surface area contributed by atoms with Crippen LogP contribution in [0.15, 0.2) is 11.6 Å². The molecule has 4 rings (SSSR count). The number of rotatable bonds is 3. The molecule has 0 radical (unpaired) electrons. The van der Waals surface area contributed by atoms with Crippen molar-refractivity contribution in [3.63, 3.8) is 0 Å². The molecule has 1 nitrogen and oxygen atoms in total. The van der Waals surface area contributed by atoms with Gasteiger partial charge >= 0.3 is 0 Å². The van der Waals surface area contributed by atoms with Gasteiger partial charge in [-0.25, -0.2) is 0 Å². The van der Waals surface area contributed by atoms with Gasteiger partial charge in [-0.3, -0.25) is 0 Å². The summed E-state index contributed by atoms with van der Waals surface area (Å²) >= 11 is 0. The normalized spacial score (nSPS) is 38.7. The zero-order valence-corrected chi connectivity index (χ0v) is 13.1. The second-order valence-corrected chi connectivity index (χ2v) is 12.8. The summed E-state index contributed by atoms with van der Waals surface area (Å²) in [6.45, 7) is 7.03. The third-order valence-electron chi connectivity index (χ3n) is 5.65. The van der Waals surface area contributed by atoms with Crippen LogP contribution in [-0.2, 0) is 4.43 Å². The van der Waals surface area contributed by atoms with Crippen molar-refractivity contribution in [3.8, 4) is 0 Å². The summed E-state index contributed by atoms with van der Waals surface area (Å²) in [6, 6.07) is 0. The Kier molecular flexibility index (Phi) is 2.16. The molecule has 0 aliphatic heterocycles. The van der Waals surface area contributed by atoms with Crippen molar-refractivity contribution in [2.45, 2.75) is 70.2 Å². The van der Waals surface area contributed by atoms with Gasteiger partial charge in [-0.05, 0) is 87.4 Å². The zero-order chi connectivity index (χ0) is 12.6. The second kappa shape index (κ2) is 3.32. The molecule has 0 heterocycles. The molecule has 4 aliphatic rings. The Morgan fingerprint density at radius 1 is 1.11 bits per heavy atom.